The predicted octanol–water partition coefficient (Wildman–Crippen LogP) is 2.41. The Morgan fingerprint density at radius 2 is 1.93 bits per heavy atom. The molecule has 0 bridgehead atoms. The summed E-state index contributed by atoms with van der Waals surface area (Å²) in [6.45, 7) is 7.33. The molecule has 158 valence electrons. The normalized spacial score (nSPS) is 15.6. The van der Waals surface area contributed by atoms with Crippen molar-refractivity contribution in [3.05, 3.63) is 53.9 Å². The summed E-state index contributed by atoms with van der Waals surface area (Å²) in [6, 6.07) is 12.4. The molecule has 1 fully saturated rings. The van der Waals surface area contributed by atoms with Gasteiger partial charge in [0.25, 0.3) is 0 Å². The highest BCUT2D eigenvalue weighted by molar-refractivity contribution is 5.79. The van der Waals surface area contributed by atoms with E-state index in [1.807, 2.05) is 19.2 Å². The Kier molecular flexibility index (Phi) is 9.00. The van der Waals surface area contributed by atoms with Crippen LogP contribution in [0.25, 0.3) is 0 Å². The maximum Gasteiger partial charge on any atom is 0.193 e. The van der Waals surface area contributed by atoms with Crippen LogP contribution in [-0.4, -0.2) is 73.9 Å². The third-order valence-corrected chi connectivity index (χ3v) is 5.14. The zero-order valence-corrected chi connectivity index (χ0v) is 17.4. The van der Waals surface area contributed by atoms with Gasteiger partial charge >= 0.3 is 0 Å². The number of hydrogen-bond acceptors (Lipinski definition) is 5. The number of benzene rings is 1. The van der Waals surface area contributed by atoms with Crippen LogP contribution < -0.4 is 5.32 Å². The number of guanidine groups is 1. The number of unbranched alkanes of at least 4 members (excludes halogenated alkanes) is 1. The Morgan fingerprint density at radius 1 is 1.10 bits per heavy atom. The summed E-state index contributed by atoms with van der Waals surface area (Å²) in [6.07, 6.45) is 4.75. The van der Waals surface area contributed by atoms with Gasteiger partial charge in [0.2, 0.25) is 0 Å². The summed E-state index contributed by atoms with van der Waals surface area (Å²) in [7, 11) is 1.86. The van der Waals surface area contributed by atoms with Crippen molar-refractivity contribution < 1.29 is 9.26 Å². The Hall–Kier alpha value is -2.38. The van der Waals surface area contributed by atoms with E-state index in [2.05, 4.69) is 49.5 Å². The van der Waals surface area contributed by atoms with Crippen LogP contribution in [0.4, 0.5) is 0 Å². The van der Waals surface area contributed by atoms with E-state index in [1.54, 1.807) is 6.26 Å². The van der Waals surface area contributed by atoms with Gasteiger partial charge in [-0.3, -0.25) is 9.89 Å². The van der Waals surface area contributed by atoms with Crippen LogP contribution in [0.3, 0.4) is 0 Å². The minimum Gasteiger partial charge on any atom is -0.381 e. The van der Waals surface area contributed by atoms with Gasteiger partial charge in [-0.2, -0.15) is 0 Å². The van der Waals surface area contributed by atoms with Crippen molar-refractivity contribution in [2.45, 2.75) is 25.8 Å². The van der Waals surface area contributed by atoms with Crippen molar-refractivity contribution in [2.75, 3.05) is 53.0 Å². The molecule has 7 nitrogen and oxygen atoms in total. The van der Waals surface area contributed by atoms with Crippen LogP contribution in [0.2, 0.25) is 0 Å². The third kappa shape index (κ3) is 7.51. The first-order chi connectivity index (χ1) is 14.3. The van der Waals surface area contributed by atoms with Crippen molar-refractivity contribution in [3.8, 4) is 0 Å². The molecule has 1 aliphatic heterocycles. The standard InChI is InChI=1S/C22H33N5O2/c1-23-22(27-14-12-26(13-15-27)19-21-10-18-29-25-21)24-11-5-6-16-28-17-9-20-7-3-2-4-8-20/h2-4,7-8,10,18H,5-6,9,11-17,19H2,1H3,(H,23,24). The molecule has 7 heteroatoms. The van der Waals surface area contributed by atoms with E-state index in [9.17, 15) is 0 Å². The van der Waals surface area contributed by atoms with Gasteiger partial charge < -0.3 is 19.5 Å². The van der Waals surface area contributed by atoms with Crippen molar-refractivity contribution >= 4 is 5.96 Å². The van der Waals surface area contributed by atoms with Crippen molar-refractivity contribution in [2.24, 2.45) is 4.99 Å². The lowest BCUT2D eigenvalue weighted by Crippen LogP contribution is -2.52. The van der Waals surface area contributed by atoms with Crippen LogP contribution >= 0.6 is 0 Å². The lowest BCUT2D eigenvalue weighted by molar-refractivity contribution is 0.133. The van der Waals surface area contributed by atoms with E-state index in [-0.39, 0.29) is 0 Å². The van der Waals surface area contributed by atoms with Crippen LogP contribution in [-0.2, 0) is 17.7 Å². The smallest absolute Gasteiger partial charge is 0.193 e. The average Bonchev–Trinajstić information content (AvgIpc) is 3.27. The van der Waals surface area contributed by atoms with E-state index in [0.29, 0.717) is 0 Å². The molecular formula is C22H33N5O2. The van der Waals surface area contributed by atoms with Crippen molar-refractivity contribution in [1.29, 1.82) is 0 Å². The van der Waals surface area contributed by atoms with E-state index in [0.717, 1.165) is 83.4 Å². The van der Waals surface area contributed by atoms with Crippen LogP contribution in [0, 0.1) is 0 Å². The molecule has 1 aromatic heterocycles. The van der Waals surface area contributed by atoms with Gasteiger partial charge in [0, 0.05) is 59.0 Å². The summed E-state index contributed by atoms with van der Waals surface area (Å²) in [5.74, 6) is 0.996. The number of hydrogen-bond donors (Lipinski definition) is 1. The molecule has 1 N–H and O–H groups in total. The molecule has 1 aromatic carbocycles. The van der Waals surface area contributed by atoms with Crippen LogP contribution in [0.15, 0.2) is 52.2 Å². The predicted molar refractivity (Wildman–Crippen MR) is 115 cm³/mol. The topological polar surface area (TPSA) is 66.1 Å². The SMILES string of the molecule is CN=C(NCCCCOCCc1ccccc1)N1CCN(Cc2ccon2)CC1. The molecular weight excluding hydrogens is 366 g/mol. The van der Waals surface area contributed by atoms with Gasteiger partial charge in [0.15, 0.2) is 5.96 Å². The Labute approximate surface area is 173 Å². The summed E-state index contributed by atoms with van der Waals surface area (Å²) in [4.78, 5) is 9.17. The first-order valence-corrected chi connectivity index (χ1v) is 10.5. The summed E-state index contributed by atoms with van der Waals surface area (Å²) >= 11 is 0. The first-order valence-electron chi connectivity index (χ1n) is 10.5. The van der Waals surface area contributed by atoms with E-state index < -0.39 is 0 Å². The molecule has 1 aliphatic rings. The number of nitrogens with one attached hydrogen (secondary N) is 1. The Bertz CT molecular complexity index is 697. The molecule has 0 radical (unpaired) electrons. The molecule has 3 rings (SSSR count). The highest BCUT2D eigenvalue weighted by atomic mass is 16.5. The maximum atomic E-state index is 5.76. The number of aliphatic imine (C=N–C) groups is 1. The van der Waals surface area contributed by atoms with Gasteiger partial charge in [-0.15, -0.1) is 0 Å². The first kappa shape index (κ1) is 21.3. The number of rotatable bonds is 10. The minimum atomic E-state index is 0.789. The minimum absolute atomic E-state index is 0.789. The molecule has 29 heavy (non-hydrogen) atoms. The number of ether oxygens (including phenoxy) is 1. The lowest BCUT2D eigenvalue weighted by Gasteiger charge is -2.36. The van der Waals surface area contributed by atoms with Crippen molar-refractivity contribution in [1.82, 2.24) is 20.3 Å². The summed E-state index contributed by atoms with van der Waals surface area (Å²) in [5, 5.41) is 7.49. The van der Waals surface area contributed by atoms with E-state index in [4.69, 9.17) is 9.26 Å². The Morgan fingerprint density at radius 3 is 2.66 bits per heavy atom. The second-order valence-electron chi connectivity index (χ2n) is 7.28. The average molecular weight is 400 g/mol. The molecule has 0 unspecified atom stereocenters. The molecule has 0 aliphatic carbocycles. The van der Waals surface area contributed by atoms with Gasteiger partial charge in [-0.25, -0.2) is 0 Å². The second kappa shape index (κ2) is 12.2. The van der Waals surface area contributed by atoms with E-state index >= 15 is 0 Å². The highest BCUT2D eigenvalue weighted by Gasteiger charge is 2.20. The maximum absolute atomic E-state index is 5.76. The number of nitrogens with zero attached hydrogens (tertiary/aromatic N) is 4. The van der Waals surface area contributed by atoms with Crippen LogP contribution in [0.1, 0.15) is 24.1 Å². The van der Waals surface area contributed by atoms with Gasteiger partial charge in [0.1, 0.15) is 6.26 Å². The second-order valence-corrected chi connectivity index (χ2v) is 7.28. The molecule has 0 atom stereocenters. The third-order valence-electron chi connectivity index (χ3n) is 5.14. The van der Waals surface area contributed by atoms with Gasteiger partial charge in [-0.05, 0) is 24.8 Å². The molecule has 0 amide bonds. The van der Waals surface area contributed by atoms with Gasteiger partial charge in [0.05, 0.1) is 12.3 Å². The fraction of sp³-hybridized carbons (Fsp3) is 0.545. The molecule has 1 saturated heterocycles. The lowest BCUT2D eigenvalue weighted by atomic mass is 10.2. The zero-order chi connectivity index (χ0) is 20.2. The summed E-state index contributed by atoms with van der Waals surface area (Å²) < 4.78 is 10.7. The highest BCUT2D eigenvalue weighted by Crippen LogP contribution is 2.07. The molecule has 0 saturated carbocycles. The molecule has 0 spiro atoms. The summed E-state index contributed by atoms with van der Waals surface area (Å²) in [5.41, 5.74) is 2.33. The largest absolute Gasteiger partial charge is 0.381 e. The number of aromatic nitrogens is 1. The van der Waals surface area contributed by atoms with E-state index in [1.165, 1.54) is 5.56 Å². The fourth-order valence-corrected chi connectivity index (χ4v) is 3.46. The van der Waals surface area contributed by atoms with Crippen molar-refractivity contribution in [3.63, 3.8) is 0 Å². The Balaban J connectivity index is 1.22. The van der Waals surface area contributed by atoms with Gasteiger partial charge in [-0.1, -0.05) is 35.5 Å². The fourth-order valence-electron chi connectivity index (χ4n) is 3.46. The quantitative estimate of drug-likeness (QED) is 0.376. The molecule has 2 aromatic rings. The van der Waals surface area contributed by atoms with Crippen LogP contribution in [0.5, 0.6) is 0 Å². The monoisotopic (exact) mass is 399 g/mol. The number of piperazine rings is 1. The zero-order valence-electron chi connectivity index (χ0n) is 17.4. The molecule has 2 heterocycles.